The quantitative estimate of drug-likeness (QED) is 0.782. The fourth-order valence-electron chi connectivity index (χ4n) is 1.88. The highest BCUT2D eigenvalue weighted by Crippen LogP contribution is 2.30. The fraction of sp³-hybridized carbons (Fsp3) is 0.357. The Morgan fingerprint density at radius 1 is 1.43 bits per heavy atom. The summed E-state index contributed by atoms with van der Waals surface area (Å²) in [6.45, 7) is 1.66. The number of esters is 1. The van der Waals surface area contributed by atoms with Crippen molar-refractivity contribution in [3.05, 3.63) is 23.8 Å². The first-order chi connectivity index (χ1) is 9.99. The van der Waals surface area contributed by atoms with Crippen molar-refractivity contribution in [2.45, 2.75) is 19.4 Å². The van der Waals surface area contributed by atoms with Crippen molar-refractivity contribution in [1.29, 1.82) is 0 Å². The summed E-state index contributed by atoms with van der Waals surface area (Å²) in [7, 11) is 1.23. The molecule has 7 nitrogen and oxygen atoms in total. The van der Waals surface area contributed by atoms with Gasteiger partial charge >= 0.3 is 5.97 Å². The number of hydrogen-bond acceptors (Lipinski definition) is 5. The lowest BCUT2D eigenvalue weighted by Gasteiger charge is -2.25. The molecular weight excluding hydrogens is 276 g/mol. The molecule has 0 aliphatic carbocycles. The van der Waals surface area contributed by atoms with E-state index in [1.165, 1.54) is 7.11 Å². The van der Waals surface area contributed by atoms with Crippen molar-refractivity contribution in [2.24, 2.45) is 0 Å². The molecule has 1 aromatic rings. The molecule has 2 rings (SSSR count). The van der Waals surface area contributed by atoms with Crippen LogP contribution in [0.4, 0.5) is 5.69 Å². The summed E-state index contributed by atoms with van der Waals surface area (Å²) in [6.07, 6.45) is -1.09. The van der Waals surface area contributed by atoms with Crippen LogP contribution in [0, 0.1) is 6.92 Å². The summed E-state index contributed by atoms with van der Waals surface area (Å²) in [5.41, 5.74) is 1.58. The highest BCUT2D eigenvalue weighted by molar-refractivity contribution is 6.00. The number of amides is 2. The lowest BCUT2D eigenvalue weighted by molar-refractivity contribution is -0.141. The van der Waals surface area contributed by atoms with E-state index in [0.29, 0.717) is 11.4 Å². The molecule has 1 aromatic carbocycles. The monoisotopic (exact) mass is 292 g/mol. The molecule has 1 atom stereocenters. The number of ether oxygens (including phenoxy) is 2. The Labute approximate surface area is 121 Å². The summed E-state index contributed by atoms with van der Waals surface area (Å²) < 4.78 is 9.92. The van der Waals surface area contributed by atoms with Gasteiger partial charge in [-0.3, -0.25) is 14.4 Å². The summed E-state index contributed by atoms with van der Waals surface area (Å²) in [5, 5.41) is 5.06. The number of anilines is 1. The summed E-state index contributed by atoms with van der Waals surface area (Å²) in [4.78, 5) is 34.5. The van der Waals surface area contributed by atoms with Gasteiger partial charge in [-0.25, -0.2) is 0 Å². The van der Waals surface area contributed by atoms with E-state index in [1.54, 1.807) is 12.1 Å². The van der Waals surface area contributed by atoms with Crippen molar-refractivity contribution in [3.63, 3.8) is 0 Å². The van der Waals surface area contributed by atoms with Gasteiger partial charge in [0.05, 0.1) is 19.2 Å². The summed E-state index contributed by atoms with van der Waals surface area (Å²) in [5.74, 6) is -0.887. The number of rotatable bonds is 4. The van der Waals surface area contributed by atoms with E-state index in [4.69, 9.17) is 4.74 Å². The topological polar surface area (TPSA) is 93.7 Å². The van der Waals surface area contributed by atoms with Crippen LogP contribution in [-0.2, 0) is 19.1 Å². The first-order valence-electron chi connectivity index (χ1n) is 6.41. The first kappa shape index (κ1) is 14.8. The van der Waals surface area contributed by atoms with E-state index in [2.05, 4.69) is 15.4 Å². The number of fused-ring (bicyclic) bond motifs is 1. The van der Waals surface area contributed by atoms with Gasteiger partial charge in [-0.15, -0.1) is 0 Å². The highest BCUT2D eigenvalue weighted by Gasteiger charge is 2.29. The minimum Gasteiger partial charge on any atom is -0.478 e. The van der Waals surface area contributed by atoms with Crippen LogP contribution in [0.15, 0.2) is 18.2 Å². The van der Waals surface area contributed by atoms with Gasteiger partial charge in [0.15, 0.2) is 6.10 Å². The molecule has 0 spiro atoms. The largest absolute Gasteiger partial charge is 0.478 e. The van der Waals surface area contributed by atoms with Gasteiger partial charge in [0, 0.05) is 0 Å². The fourth-order valence-corrected chi connectivity index (χ4v) is 1.88. The van der Waals surface area contributed by atoms with Crippen LogP contribution < -0.4 is 15.4 Å². The minimum atomic E-state index is -0.919. The van der Waals surface area contributed by atoms with Crippen molar-refractivity contribution in [1.82, 2.24) is 5.32 Å². The maximum absolute atomic E-state index is 11.9. The second kappa shape index (κ2) is 6.25. The van der Waals surface area contributed by atoms with Crippen LogP contribution in [0.5, 0.6) is 5.75 Å². The number of hydrogen-bond donors (Lipinski definition) is 2. The zero-order valence-corrected chi connectivity index (χ0v) is 11.8. The maximum atomic E-state index is 11.9. The molecule has 0 saturated carbocycles. The third-order valence-corrected chi connectivity index (χ3v) is 2.98. The van der Waals surface area contributed by atoms with Gasteiger partial charge in [0.25, 0.3) is 5.91 Å². The molecule has 112 valence electrons. The van der Waals surface area contributed by atoms with E-state index < -0.39 is 18.0 Å². The normalized spacial score (nSPS) is 16.3. The van der Waals surface area contributed by atoms with Crippen molar-refractivity contribution < 1.29 is 23.9 Å². The molecule has 1 heterocycles. The van der Waals surface area contributed by atoms with E-state index in [0.717, 1.165) is 5.56 Å². The molecule has 0 saturated heterocycles. The lowest BCUT2D eigenvalue weighted by Crippen LogP contribution is -2.41. The third-order valence-electron chi connectivity index (χ3n) is 2.98. The number of methoxy groups -OCH3 is 1. The predicted molar refractivity (Wildman–Crippen MR) is 73.9 cm³/mol. The van der Waals surface area contributed by atoms with Gasteiger partial charge in [-0.05, 0) is 24.6 Å². The van der Waals surface area contributed by atoms with Crippen molar-refractivity contribution >= 4 is 23.5 Å². The number of nitrogens with one attached hydrogen (secondary N) is 2. The first-order valence-corrected chi connectivity index (χ1v) is 6.41. The van der Waals surface area contributed by atoms with E-state index in [-0.39, 0.29) is 18.9 Å². The van der Waals surface area contributed by atoms with Crippen molar-refractivity contribution in [3.8, 4) is 5.75 Å². The molecule has 0 aromatic heterocycles. The van der Waals surface area contributed by atoms with Gasteiger partial charge in [-0.1, -0.05) is 6.07 Å². The standard InChI is InChI=1S/C14H16N2O5/c1-8-3-4-10-9(5-8)16-14(19)11(21-10)6-12(17)15-7-13(18)20-2/h3-5,11H,6-7H2,1-2H3,(H,15,17)(H,16,19). The second-order valence-electron chi connectivity index (χ2n) is 4.65. The Morgan fingerprint density at radius 2 is 2.19 bits per heavy atom. The Hall–Kier alpha value is -2.57. The van der Waals surface area contributed by atoms with E-state index >= 15 is 0 Å². The molecule has 1 aliphatic rings. The molecule has 1 unspecified atom stereocenters. The van der Waals surface area contributed by atoms with Crippen LogP contribution in [0.3, 0.4) is 0 Å². The van der Waals surface area contributed by atoms with Crippen LogP contribution >= 0.6 is 0 Å². The third kappa shape index (κ3) is 3.71. The number of carbonyl (C=O) groups excluding carboxylic acids is 3. The van der Waals surface area contributed by atoms with Crippen molar-refractivity contribution in [2.75, 3.05) is 19.0 Å². The SMILES string of the molecule is COC(=O)CNC(=O)CC1Oc2ccc(C)cc2NC1=O. The molecule has 7 heteroatoms. The molecule has 2 N–H and O–H groups in total. The number of aryl methyl sites for hydroxylation is 1. The highest BCUT2D eigenvalue weighted by atomic mass is 16.5. The van der Waals surface area contributed by atoms with Crippen LogP contribution in [0.2, 0.25) is 0 Å². The summed E-state index contributed by atoms with van der Waals surface area (Å²) >= 11 is 0. The Kier molecular flexibility index (Phi) is 4.42. The molecule has 0 radical (unpaired) electrons. The van der Waals surface area contributed by atoms with E-state index in [9.17, 15) is 14.4 Å². The average molecular weight is 292 g/mol. The molecule has 0 bridgehead atoms. The molecule has 21 heavy (non-hydrogen) atoms. The average Bonchev–Trinajstić information content (AvgIpc) is 2.45. The predicted octanol–water partition coefficient (Wildman–Crippen LogP) is 0.374. The summed E-state index contributed by atoms with van der Waals surface area (Å²) in [6, 6.07) is 5.38. The van der Waals surface area contributed by atoms with E-state index in [1.807, 2.05) is 13.0 Å². The maximum Gasteiger partial charge on any atom is 0.325 e. The smallest absolute Gasteiger partial charge is 0.325 e. The minimum absolute atomic E-state index is 0.170. The number of carbonyl (C=O) groups is 3. The molecule has 1 aliphatic heterocycles. The van der Waals surface area contributed by atoms with Gasteiger partial charge in [-0.2, -0.15) is 0 Å². The van der Waals surface area contributed by atoms with Crippen LogP contribution in [0.1, 0.15) is 12.0 Å². The Bertz CT molecular complexity index is 585. The Balaban J connectivity index is 1.96. The number of benzene rings is 1. The van der Waals surface area contributed by atoms with Gasteiger partial charge in [0.2, 0.25) is 5.91 Å². The zero-order chi connectivity index (χ0) is 15.4. The molecule has 2 amide bonds. The van der Waals surface area contributed by atoms with Crippen LogP contribution in [-0.4, -0.2) is 37.5 Å². The van der Waals surface area contributed by atoms with Gasteiger partial charge in [0.1, 0.15) is 12.3 Å². The van der Waals surface area contributed by atoms with Crippen LogP contribution in [0.25, 0.3) is 0 Å². The Morgan fingerprint density at radius 3 is 2.90 bits per heavy atom. The molecule has 0 fully saturated rings. The molecular formula is C14H16N2O5. The lowest BCUT2D eigenvalue weighted by atomic mass is 10.1. The second-order valence-corrected chi connectivity index (χ2v) is 4.65. The zero-order valence-electron chi connectivity index (χ0n) is 11.8. The van der Waals surface area contributed by atoms with Gasteiger partial charge < -0.3 is 20.1 Å².